The number of hydrogen-bond donors (Lipinski definition) is 0. The molecule has 2 nitrogen and oxygen atoms in total. The Morgan fingerprint density at radius 3 is 2.05 bits per heavy atom. The molecule has 0 aliphatic heterocycles. The number of esters is 1. The third-order valence-electron chi connectivity index (χ3n) is 3.86. The molecule has 0 aromatic heterocycles. The Kier molecular flexibility index (Phi) is 3.61. The van der Waals surface area contributed by atoms with E-state index in [9.17, 15) is 4.79 Å². The summed E-state index contributed by atoms with van der Waals surface area (Å²) in [6, 6.07) is 18.0. The van der Waals surface area contributed by atoms with E-state index in [-0.39, 0.29) is 12.1 Å². The van der Waals surface area contributed by atoms with Gasteiger partial charge in [-0.2, -0.15) is 0 Å². The lowest BCUT2D eigenvalue weighted by Gasteiger charge is -2.14. The zero-order valence-electron chi connectivity index (χ0n) is 12.3. The Hall–Kier alpha value is -2.35. The monoisotopic (exact) mass is 278 g/mol. The molecule has 0 saturated carbocycles. The number of rotatable bonds is 3. The van der Waals surface area contributed by atoms with Gasteiger partial charge in [-0.15, -0.1) is 0 Å². The third kappa shape index (κ3) is 2.49. The van der Waals surface area contributed by atoms with Crippen molar-refractivity contribution in [2.75, 3.05) is 0 Å². The van der Waals surface area contributed by atoms with Crippen LogP contribution in [0.5, 0.6) is 0 Å². The van der Waals surface area contributed by atoms with Crippen molar-refractivity contribution in [3.05, 3.63) is 60.2 Å². The van der Waals surface area contributed by atoms with Crippen LogP contribution in [0.1, 0.15) is 30.6 Å². The first-order chi connectivity index (χ1) is 10.2. The highest BCUT2D eigenvalue weighted by Gasteiger charge is 2.17. The first kappa shape index (κ1) is 13.6. The highest BCUT2D eigenvalue weighted by molar-refractivity contribution is 6.16. The number of hydrogen-bond acceptors (Lipinski definition) is 2. The van der Waals surface area contributed by atoms with Gasteiger partial charge in [0, 0.05) is 0 Å². The average Bonchev–Trinajstić information content (AvgIpc) is 2.52. The molecule has 0 fully saturated rings. The van der Waals surface area contributed by atoms with Gasteiger partial charge < -0.3 is 4.74 Å². The summed E-state index contributed by atoms with van der Waals surface area (Å²) in [6.45, 7) is 3.93. The molecule has 0 heterocycles. The Morgan fingerprint density at radius 1 is 1.00 bits per heavy atom. The molecule has 0 N–H and O–H groups in total. The zero-order chi connectivity index (χ0) is 14.8. The molecule has 0 radical (unpaired) electrons. The molecular formula is C19H18O2. The molecule has 0 amide bonds. The van der Waals surface area contributed by atoms with Crippen LogP contribution in [0, 0.1) is 0 Å². The van der Waals surface area contributed by atoms with Crippen molar-refractivity contribution < 1.29 is 9.53 Å². The molecule has 0 aliphatic rings. The molecule has 0 spiro atoms. The highest BCUT2D eigenvalue weighted by Crippen LogP contribution is 2.29. The normalized spacial score (nSPS) is 12.5. The summed E-state index contributed by atoms with van der Waals surface area (Å²) in [7, 11) is 0. The van der Waals surface area contributed by atoms with Crippen LogP contribution in [0.4, 0.5) is 0 Å². The van der Waals surface area contributed by atoms with Gasteiger partial charge in [-0.1, -0.05) is 55.5 Å². The maximum absolute atomic E-state index is 12.6. The molecule has 1 atom stereocenters. The van der Waals surface area contributed by atoms with E-state index in [2.05, 4.69) is 6.07 Å². The molecule has 106 valence electrons. The van der Waals surface area contributed by atoms with Gasteiger partial charge in [0.1, 0.15) is 0 Å². The molecule has 2 heteroatoms. The predicted molar refractivity (Wildman–Crippen MR) is 86.6 cm³/mol. The van der Waals surface area contributed by atoms with Crippen molar-refractivity contribution in [2.24, 2.45) is 0 Å². The van der Waals surface area contributed by atoms with Crippen molar-refractivity contribution in [2.45, 2.75) is 26.4 Å². The molecule has 0 bridgehead atoms. The van der Waals surface area contributed by atoms with Crippen molar-refractivity contribution in [1.29, 1.82) is 0 Å². The molecule has 3 aromatic rings. The summed E-state index contributed by atoms with van der Waals surface area (Å²) in [5.41, 5.74) is 0.670. The second-order valence-corrected chi connectivity index (χ2v) is 5.32. The average molecular weight is 278 g/mol. The minimum atomic E-state index is -0.239. The first-order valence-corrected chi connectivity index (χ1v) is 7.32. The third-order valence-corrected chi connectivity index (χ3v) is 3.86. The van der Waals surface area contributed by atoms with Crippen LogP contribution in [0.15, 0.2) is 54.6 Å². The Balaban J connectivity index is 2.27. The summed E-state index contributed by atoms with van der Waals surface area (Å²) in [5, 5.41) is 4.02. The number of benzene rings is 3. The fraction of sp³-hybridized carbons (Fsp3) is 0.211. The van der Waals surface area contributed by atoms with Gasteiger partial charge in [0.2, 0.25) is 0 Å². The molecule has 0 unspecified atom stereocenters. The van der Waals surface area contributed by atoms with E-state index in [0.717, 1.165) is 28.0 Å². The number of fused-ring (bicyclic) bond motifs is 2. The van der Waals surface area contributed by atoms with E-state index in [1.165, 1.54) is 0 Å². The minimum Gasteiger partial charge on any atom is -0.459 e. The lowest BCUT2D eigenvalue weighted by Crippen LogP contribution is -2.14. The lowest BCUT2D eigenvalue weighted by molar-refractivity contribution is 0.0339. The quantitative estimate of drug-likeness (QED) is 0.500. The Labute approximate surface area is 124 Å². The Morgan fingerprint density at radius 2 is 1.52 bits per heavy atom. The highest BCUT2D eigenvalue weighted by atomic mass is 16.5. The van der Waals surface area contributed by atoms with E-state index >= 15 is 0 Å². The minimum absolute atomic E-state index is 0.0739. The van der Waals surface area contributed by atoms with Crippen LogP contribution in [-0.4, -0.2) is 12.1 Å². The van der Waals surface area contributed by atoms with Crippen molar-refractivity contribution in [3.8, 4) is 0 Å². The van der Waals surface area contributed by atoms with Crippen LogP contribution >= 0.6 is 0 Å². The standard InChI is InChI=1S/C19H18O2/c1-3-13(2)21-19(20)18-16-10-6-4-8-14(16)12-15-9-5-7-11-17(15)18/h4-13H,3H2,1-2H3/t13-/m1/s1. The lowest BCUT2D eigenvalue weighted by atomic mass is 9.97. The molecular weight excluding hydrogens is 260 g/mol. The second kappa shape index (κ2) is 5.57. The van der Waals surface area contributed by atoms with E-state index in [0.29, 0.717) is 5.56 Å². The fourth-order valence-electron chi connectivity index (χ4n) is 2.56. The SMILES string of the molecule is CC[C@@H](C)OC(=O)c1c2ccccc2cc2ccccc12. The van der Waals surface area contributed by atoms with Crippen LogP contribution in [0.2, 0.25) is 0 Å². The molecule has 3 rings (SSSR count). The van der Waals surface area contributed by atoms with Gasteiger partial charge in [-0.3, -0.25) is 0 Å². The van der Waals surface area contributed by atoms with E-state index in [1.54, 1.807) is 0 Å². The second-order valence-electron chi connectivity index (χ2n) is 5.32. The topological polar surface area (TPSA) is 26.3 Å². The smallest absolute Gasteiger partial charge is 0.339 e. The summed E-state index contributed by atoms with van der Waals surface area (Å²) in [5.74, 6) is -0.239. The summed E-state index contributed by atoms with van der Waals surface area (Å²) >= 11 is 0. The Bertz CT molecular complexity index is 751. The largest absolute Gasteiger partial charge is 0.459 e. The predicted octanol–water partition coefficient (Wildman–Crippen LogP) is 4.95. The molecule has 0 aliphatic carbocycles. The van der Waals surface area contributed by atoms with Crippen LogP contribution in [0.3, 0.4) is 0 Å². The van der Waals surface area contributed by atoms with Gasteiger partial charge in [0.25, 0.3) is 0 Å². The van der Waals surface area contributed by atoms with Gasteiger partial charge in [-0.25, -0.2) is 4.79 Å². The maximum Gasteiger partial charge on any atom is 0.339 e. The van der Waals surface area contributed by atoms with Crippen molar-refractivity contribution >= 4 is 27.5 Å². The number of ether oxygens (including phenoxy) is 1. The summed E-state index contributed by atoms with van der Waals surface area (Å²) < 4.78 is 5.56. The van der Waals surface area contributed by atoms with Crippen LogP contribution in [-0.2, 0) is 4.74 Å². The summed E-state index contributed by atoms with van der Waals surface area (Å²) in [4.78, 5) is 12.6. The van der Waals surface area contributed by atoms with Gasteiger partial charge in [0.15, 0.2) is 0 Å². The molecule has 0 saturated heterocycles. The number of carbonyl (C=O) groups is 1. The van der Waals surface area contributed by atoms with Crippen molar-refractivity contribution in [3.63, 3.8) is 0 Å². The van der Waals surface area contributed by atoms with E-state index in [4.69, 9.17) is 4.74 Å². The number of carbonyl (C=O) groups excluding carboxylic acids is 1. The molecule has 3 aromatic carbocycles. The fourth-order valence-corrected chi connectivity index (χ4v) is 2.56. The zero-order valence-corrected chi connectivity index (χ0v) is 12.3. The van der Waals surface area contributed by atoms with E-state index in [1.807, 2.05) is 62.4 Å². The molecule has 21 heavy (non-hydrogen) atoms. The van der Waals surface area contributed by atoms with E-state index < -0.39 is 0 Å². The van der Waals surface area contributed by atoms with Crippen molar-refractivity contribution in [1.82, 2.24) is 0 Å². The van der Waals surface area contributed by atoms with Crippen LogP contribution in [0.25, 0.3) is 21.5 Å². The maximum atomic E-state index is 12.6. The summed E-state index contributed by atoms with van der Waals surface area (Å²) in [6.07, 6.45) is 0.740. The van der Waals surface area contributed by atoms with Gasteiger partial charge in [-0.05, 0) is 41.0 Å². The van der Waals surface area contributed by atoms with Crippen LogP contribution < -0.4 is 0 Å². The first-order valence-electron chi connectivity index (χ1n) is 7.32. The van der Waals surface area contributed by atoms with Gasteiger partial charge >= 0.3 is 5.97 Å². The van der Waals surface area contributed by atoms with Gasteiger partial charge in [0.05, 0.1) is 11.7 Å².